The van der Waals surface area contributed by atoms with Crippen molar-refractivity contribution < 1.29 is 9.53 Å². The maximum absolute atomic E-state index is 12.3. The van der Waals surface area contributed by atoms with Gasteiger partial charge in [-0.3, -0.25) is 4.79 Å². The van der Waals surface area contributed by atoms with Crippen LogP contribution in [0.2, 0.25) is 0 Å². The van der Waals surface area contributed by atoms with E-state index in [1.807, 2.05) is 32.5 Å². The fourth-order valence-corrected chi connectivity index (χ4v) is 4.13. The summed E-state index contributed by atoms with van der Waals surface area (Å²) in [5, 5.41) is 0.321. The predicted octanol–water partition coefficient (Wildman–Crippen LogP) is 4.64. The maximum atomic E-state index is 12.3. The van der Waals surface area contributed by atoms with E-state index < -0.39 is 5.41 Å². The van der Waals surface area contributed by atoms with Crippen LogP contribution in [-0.2, 0) is 22.4 Å². The molecule has 0 radical (unpaired) electrons. The van der Waals surface area contributed by atoms with E-state index in [4.69, 9.17) is 4.74 Å². The molecule has 0 spiro atoms. The third kappa shape index (κ3) is 4.52. The smallest absolute Gasteiger partial charge is 0.311 e. The molecular weight excluding hydrogens is 292 g/mol. The van der Waals surface area contributed by atoms with Crippen LogP contribution in [0.1, 0.15) is 52.7 Å². The molecule has 0 amide bonds. The molecule has 2 rings (SSSR count). The lowest BCUT2D eigenvalue weighted by atomic mass is 9.89. The number of hydrogen-bond acceptors (Lipinski definition) is 3. The molecule has 3 heteroatoms. The zero-order valence-corrected chi connectivity index (χ0v) is 15.4. The lowest BCUT2D eigenvalue weighted by Crippen LogP contribution is -2.41. The first-order chi connectivity index (χ1) is 10.1. The average molecular weight is 320 g/mol. The Bertz CT molecular complexity index is 537. The number of hydrogen-bond donors (Lipinski definition) is 0. The van der Waals surface area contributed by atoms with Crippen molar-refractivity contribution in [2.75, 3.05) is 0 Å². The highest BCUT2D eigenvalue weighted by molar-refractivity contribution is 8.01. The van der Waals surface area contributed by atoms with Crippen LogP contribution in [0.3, 0.4) is 0 Å². The summed E-state index contributed by atoms with van der Waals surface area (Å²) < 4.78 is 6.07. The van der Waals surface area contributed by atoms with Gasteiger partial charge in [-0.1, -0.05) is 45.0 Å². The molecule has 122 valence electrons. The minimum Gasteiger partial charge on any atom is -0.460 e. The van der Waals surface area contributed by atoms with E-state index in [9.17, 15) is 4.79 Å². The van der Waals surface area contributed by atoms with Crippen LogP contribution in [-0.4, -0.2) is 22.1 Å². The topological polar surface area (TPSA) is 26.3 Å². The van der Waals surface area contributed by atoms with Crippen molar-refractivity contribution in [1.29, 1.82) is 0 Å². The first-order valence-corrected chi connectivity index (χ1v) is 8.90. The molecule has 22 heavy (non-hydrogen) atoms. The fraction of sp³-hybridized carbons (Fsp3) is 0.632. The van der Waals surface area contributed by atoms with Crippen LogP contribution in [0.25, 0.3) is 0 Å². The van der Waals surface area contributed by atoms with Crippen molar-refractivity contribution in [3.63, 3.8) is 0 Å². The Morgan fingerprint density at radius 2 is 1.59 bits per heavy atom. The van der Waals surface area contributed by atoms with Gasteiger partial charge in [0.15, 0.2) is 0 Å². The molecule has 0 unspecified atom stereocenters. The molecule has 0 fully saturated rings. The molecule has 2 nitrogen and oxygen atoms in total. The van der Waals surface area contributed by atoms with Crippen LogP contribution in [0.4, 0.5) is 0 Å². The van der Waals surface area contributed by atoms with E-state index in [2.05, 4.69) is 45.0 Å². The van der Waals surface area contributed by atoms with Crippen molar-refractivity contribution in [3.05, 3.63) is 35.4 Å². The molecule has 1 aromatic carbocycles. The van der Waals surface area contributed by atoms with Crippen molar-refractivity contribution in [3.8, 4) is 0 Å². The van der Waals surface area contributed by atoms with E-state index in [0.29, 0.717) is 5.25 Å². The molecule has 0 aromatic heterocycles. The number of carbonyl (C=O) groups excluding carboxylic acids is 1. The first-order valence-electron chi connectivity index (χ1n) is 8.02. The highest BCUT2D eigenvalue weighted by Crippen LogP contribution is 2.38. The van der Waals surface area contributed by atoms with Gasteiger partial charge in [0, 0.05) is 16.4 Å². The summed E-state index contributed by atoms with van der Waals surface area (Å²) >= 11 is 1.92. The minimum absolute atomic E-state index is 0.0363. The monoisotopic (exact) mass is 320 g/mol. The van der Waals surface area contributed by atoms with Crippen LogP contribution in [0.15, 0.2) is 24.3 Å². The van der Waals surface area contributed by atoms with E-state index in [0.717, 1.165) is 12.8 Å². The first kappa shape index (κ1) is 17.4. The predicted molar refractivity (Wildman–Crippen MR) is 94.3 cm³/mol. The quantitative estimate of drug-likeness (QED) is 0.742. The average Bonchev–Trinajstić information content (AvgIpc) is 2.36. The Hall–Kier alpha value is -0.960. The largest absolute Gasteiger partial charge is 0.460 e. The second-order valence-corrected chi connectivity index (χ2v) is 10.2. The van der Waals surface area contributed by atoms with Crippen molar-refractivity contribution in [2.45, 2.75) is 70.5 Å². The molecule has 0 saturated carbocycles. The van der Waals surface area contributed by atoms with Gasteiger partial charge in [0.2, 0.25) is 0 Å². The fourth-order valence-electron chi connectivity index (χ4n) is 2.66. The summed E-state index contributed by atoms with van der Waals surface area (Å²) in [6.07, 6.45) is 1.76. The molecule has 2 atom stereocenters. The Kier molecular flexibility index (Phi) is 4.96. The second kappa shape index (κ2) is 6.27. The van der Waals surface area contributed by atoms with E-state index in [1.165, 1.54) is 11.1 Å². The minimum atomic E-state index is -0.450. The summed E-state index contributed by atoms with van der Waals surface area (Å²) in [5.74, 6) is -0.101. The van der Waals surface area contributed by atoms with Gasteiger partial charge < -0.3 is 4.74 Å². The maximum Gasteiger partial charge on any atom is 0.311 e. The van der Waals surface area contributed by atoms with E-state index in [-0.39, 0.29) is 16.8 Å². The highest BCUT2D eigenvalue weighted by Gasteiger charge is 2.36. The van der Waals surface area contributed by atoms with E-state index in [1.54, 1.807) is 0 Å². The van der Waals surface area contributed by atoms with Crippen LogP contribution in [0, 0.1) is 5.41 Å². The van der Waals surface area contributed by atoms with Gasteiger partial charge in [0.25, 0.3) is 0 Å². The Balaban J connectivity index is 2.22. The summed E-state index contributed by atoms with van der Waals surface area (Å²) in [5.41, 5.74) is 2.26. The highest BCUT2D eigenvalue weighted by atomic mass is 32.2. The summed E-state index contributed by atoms with van der Waals surface area (Å²) in [6.45, 7) is 12.4. The van der Waals surface area contributed by atoms with Crippen molar-refractivity contribution >= 4 is 17.7 Å². The van der Waals surface area contributed by atoms with Crippen LogP contribution >= 0.6 is 11.8 Å². The van der Waals surface area contributed by atoms with Crippen molar-refractivity contribution in [2.24, 2.45) is 5.41 Å². The van der Waals surface area contributed by atoms with E-state index >= 15 is 0 Å². The molecule has 0 heterocycles. The third-order valence-corrected chi connectivity index (χ3v) is 5.23. The molecule has 1 aromatic rings. The van der Waals surface area contributed by atoms with Gasteiger partial charge >= 0.3 is 5.97 Å². The zero-order valence-electron chi connectivity index (χ0n) is 14.6. The summed E-state index contributed by atoms with van der Waals surface area (Å²) in [6, 6.07) is 8.52. The number of carbonyl (C=O) groups is 1. The molecule has 1 aliphatic carbocycles. The third-order valence-electron chi connectivity index (χ3n) is 3.75. The summed E-state index contributed by atoms with van der Waals surface area (Å²) in [7, 11) is 0. The summed E-state index contributed by atoms with van der Waals surface area (Å²) in [4.78, 5) is 12.3. The number of benzene rings is 1. The van der Waals surface area contributed by atoms with Gasteiger partial charge in [-0.2, -0.15) is 0 Å². The number of ether oxygens (including phenoxy) is 1. The van der Waals surface area contributed by atoms with Crippen LogP contribution in [0.5, 0.6) is 0 Å². The van der Waals surface area contributed by atoms with Gasteiger partial charge in [-0.05, 0) is 38.3 Å². The lowest BCUT2D eigenvalue weighted by Gasteiger charge is -2.37. The molecule has 0 saturated heterocycles. The Labute approximate surface area is 139 Å². The molecule has 1 aliphatic rings. The molecular formula is C19H28O2S. The Morgan fingerprint density at radius 1 is 1.05 bits per heavy atom. The number of rotatable bonds is 2. The van der Waals surface area contributed by atoms with Gasteiger partial charge in [0.1, 0.15) is 6.10 Å². The lowest BCUT2D eigenvalue weighted by molar-refractivity contribution is -0.158. The van der Waals surface area contributed by atoms with Gasteiger partial charge in [0.05, 0.1) is 5.41 Å². The van der Waals surface area contributed by atoms with Crippen LogP contribution < -0.4 is 0 Å². The standard InChI is InChI=1S/C19H28O2S/c1-18(2,3)17(20)21-15-11-13-9-7-8-10-14(13)12-16(15)22-19(4,5)6/h7-10,15-16H,11-12H2,1-6H3/t15-,16-/m0/s1. The zero-order chi connectivity index (χ0) is 16.5. The molecule has 0 N–H and O–H groups in total. The SMILES string of the molecule is CC(C)(C)S[C@H]1Cc2ccccc2C[C@@H]1OC(=O)C(C)(C)C. The number of esters is 1. The molecule has 0 bridgehead atoms. The number of fused-ring (bicyclic) bond motifs is 1. The van der Waals surface area contributed by atoms with Crippen molar-refractivity contribution in [1.82, 2.24) is 0 Å². The molecule has 0 aliphatic heterocycles. The van der Waals surface area contributed by atoms with Gasteiger partial charge in [-0.25, -0.2) is 0 Å². The van der Waals surface area contributed by atoms with Gasteiger partial charge in [-0.15, -0.1) is 11.8 Å². The Morgan fingerprint density at radius 3 is 2.09 bits per heavy atom. The number of thioether (sulfide) groups is 1. The normalized spacial score (nSPS) is 22.1. The second-order valence-electron chi connectivity index (χ2n) is 8.14.